The van der Waals surface area contributed by atoms with Gasteiger partial charge in [-0.15, -0.1) is 10.2 Å². The maximum Gasteiger partial charge on any atom is 0.255 e. The van der Waals surface area contributed by atoms with Crippen LogP contribution in [0, 0.1) is 6.92 Å². The van der Waals surface area contributed by atoms with Crippen molar-refractivity contribution in [1.29, 1.82) is 0 Å². The van der Waals surface area contributed by atoms with E-state index in [0.29, 0.717) is 32.3 Å². The molecule has 0 atom stereocenters. The number of aromatic nitrogens is 3. The minimum atomic E-state index is -0.293. The first kappa shape index (κ1) is 21.3. The summed E-state index contributed by atoms with van der Waals surface area (Å²) >= 11 is 12.5. The van der Waals surface area contributed by atoms with E-state index in [4.69, 9.17) is 23.2 Å². The summed E-state index contributed by atoms with van der Waals surface area (Å²) in [5, 5.41) is 12.8. The molecule has 0 radical (unpaired) electrons. The number of hydrogen-bond donors (Lipinski definition) is 1. The van der Waals surface area contributed by atoms with E-state index < -0.39 is 0 Å². The molecule has 3 aromatic carbocycles. The number of rotatable bonds is 6. The first-order valence-electron chi connectivity index (χ1n) is 10.2. The van der Waals surface area contributed by atoms with Crippen LogP contribution in [0.5, 0.6) is 0 Å². The van der Waals surface area contributed by atoms with Gasteiger partial charge in [-0.25, -0.2) is 0 Å². The number of amides is 1. The van der Waals surface area contributed by atoms with Gasteiger partial charge in [0.05, 0.1) is 16.4 Å². The second kappa shape index (κ2) is 9.08. The number of carbonyl (C=O) groups excluding carboxylic acids is 1. The third-order valence-corrected chi connectivity index (χ3v) is 5.86. The first-order valence-corrected chi connectivity index (χ1v) is 10.9. The monoisotopic (exact) mass is 452 g/mol. The summed E-state index contributed by atoms with van der Waals surface area (Å²) < 4.78 is 0. The predicted molar refractivity (Wildman–Crippen MR) is 127 cm³/mol. The summed E-state index contributed by atoms with van der Waals surface area (Å²) in [6.07, 6.45) is 3.41. The number of nitrogens with one attached hydrogen (secondary N) is 1. The molecular weight excluding hydrogens is 431 g/mol. The maximum absolute atomic E-state index is 12.6. The van der Waals surface area contributed by atoms with E-state index in [2.05, 4.69) is 34.6 Å². The molecule has 1 N–H and O–H groups in total. The van der Waals surface area contributed by atoms with Crippen LogP contribution in [0.15, 0.2) is 54.6 Å². The number of benzene rings is 3. The number of halogens is 2. The highest BCUT2D eigenvalue weighted by molar-refractivity contribution is 6.35. The number of carbonyl (C=O) groups is 1. The Hall–Kier alpha value is -2.89. The minimum absolute atomic E-state index is 0.293. The van der Waals surface area contributed by atoms with Crippen molar-refractivity contribution >= 4 is 45.8 Å². The van der Waals surface area contributed by atoms with E-state index in [1.54, 1.807) is 35.1 Å². The Morgan fingerprint density at radius 1 is 0.968 bits per heavy atom. The molecule has 1 heterocycles. The van der Waals surface area contributed by atoms with Gasteiger partial charge in [0.2, 0.25) is 0 Å². The summed E-state index contributed by atoms with van der Waals surface area (Å²) in [6.45, 7) is 4.07. The van der Waals surface area contributed by atoms with Crippen molar-refractivity contribution < 1.29 is 4.79 Å². The van der Waals surface area contributed by atoms with E-state index in [1.807, 2.05) is 19.1 Å². The van der Waals surface area contributed by atoms with Gasteiger partial charge in [-0.2, -0.15) is 4.80 Å². The Labute approximate surface area is 191 Å². The largest absolute Gasteiger partial charge is 0.321 e. The fraction of sp³-hybridized carbons (Fsp3) is 0.208. The van der Waals surface area contributed by atoms with Crippen LogP contribution in [0.4, 0.5) is 5.69 Å². The van der Waals surface area contributed by atoms with E-state index >= 15 is 0 Å². The Kier molecular flexibility index (Phi) is 6.25. The van der Waals surface area contributed by atoms with Gasteiger partial charge in [0.1, 0.15) is 11.0 Å². The second-order valence-corrected chi connectivity index (χ2v) is 8.31. The average Bonchev–Trinajstić information content (AvgIpc) is 3.17. The van der Waals surface area contributed by atoms with Gasteiger partial charge in [0.15, 0.2) is 0 Å². The molecule has 0 aliphatic heterocycles. The van der Waals surface area contributed by atoms with Crippen molar-refractivity contribution in [2.75, 3.05) is 5.32 Å². The van der Waals surface area contributed by atoms with Crippen LogP contribution >= 0.6 is 23.2 Å². The number of aryl methyl sites for hydroxylation is 2. The van der Waals surface area contributed by atoms with Gasteiger partial charge in [0.25, 0.3) is 5.91 Å². The lowest BCUT2D eigenvalue weighted by atomic mass is 10.1. The third kappa shape index (κ3) is 4.73. The number of hydrogen-bond acceptors (Lipinski definition) is 3. The molecule has 0 saturated carbocycles. The topological polar surface area (TPSA) is 59.8 Å². The van der Waals surface area contributed by atoms with Crippen molar-refractivity contribution in [1.82, 2.24) is 15.0 Å². The normalized spacial score (nSPS) is 11.1. The molecule has 0 spiro atoms. The second-order valence-electron chi connectivity index (χ2n) is 7.50. The smallest absolute Gasteiger partial charge is 0.255 e. The standard InChI is InChI=1S/C24H22Cl2N4O/c1-3-4-5-16-7-10-18(11-8-16)30-28-22-13-20(26)21(14-23(22)29-30)27-24(31)17-9-6-15(2)19(25)12-17/h6-14H,3-5H2,1-2H3,(H,27,31). The zero-order valence-electron chi connectivity index (χ0n) is 17.3. The number of anilines is 1. The fourth-order valence-electron chi connectivity index (χ4n) is 3.25. The Morgan fingerprint density at radius 2 is 1.68 bits per heavy atom. The molecule has 158 valence electrons. The van der Waals surface area contributed by atoms with E-state index in [-0.39, 0.29) is 5.91 Å². The molecule has 0 fully saturated rings. The highest BCUT2D eigenvalue weighted by atomic mass is 35.5. The molecule has 1 aromatic heterocycles. The molecule has 1 amide bonds. The van der Waals surface area contributed by atoms with Crippen LogP contribution in [0.25, 0.3) is 16.7 Å². The van der Waals surface area contributed by atoms with Gasteiger partial charge >= 0.3 is 0 Å². The average molecular weight is 453 g/mol. The van der Waals surface area contributed by atoms with Gasteiger partial charge in [-0.3, -0.25) is 4.79 Å². The molecular formula is C24H22Cl2N4O. The number of fused-ring (bicyclic) bond motifs is 1. The molecule has 0 saturated heterocycles. The Bertz CT molecular complexity index is 1250. The molecule has 5 nitrogen and oxygen atoms in total. The summed E-state index contributed by atoms with van der Waals surface area (Å²) in [5.74, 6) is -0.293. The number of unbranched alkanes of at least 4 members (excludes halogenated alkanes) is 1. The van der Waals surface area contributed by atoms with Gasteiger partial charge in [-0.1, -0.05) is 54.7 Å². The van der Waals surface area contributed by atoms with E-state index in [9.17, 15) is 4.79 Å². The van der Waals surface area contributed by atoms with Crippen LogP contribution in [-0.2, 0) is 6.42 Å². The molecule has 31 heavy (non-hydrogen) atoms. The van der Waals surface area contributed by atoms with Crippen LogP contribution in [-0.4, -0.2) is 20.9 Å². The lowest BCUT2D eigenvalue weighted by Crippen LogP contribution is -2.12. The van der Waals surface area contributed by atoms with Gasteiger partial charge < -0.3 is 5.32 Å². The summed E-state index contributed by atoms with van der Waals surface area (Å²) in [5.41, 5.74) is 5.29. The van der Waals surface area contributed by atoms with Gasteiger partial charge in [0, 0.05) is 10.6 Å². The summed E-state index contributed by atoms with van der Waals surface area (Å²) in [4.78, 5) is 14.2. The predicted octanol–water partition coefficient (Wildman–Crippen LogP) is 6.63. The molecule has 0 unspecified atom stereocenters. The lowest BCUT2D eigenvalue weighted by molar-refractivity contribution is 0.102. The Balaban J connectivity index is 1.58. The van der Waals surface area contributed by atoms with Crippen molar-refractivity contribution in [2.45, 2.75) is 33.1 Å². The van der Waals surface area contributed by atoms with Crippen LogP contribution < -0.4 is 5.32 Å². The fourth-order valence-corrected chi connectivity index (χ4v) is 3.64. The Morgan fingerprint density at radius 3 is 2.35 bits per heavy atom. The number of nitrogens with zero attached hydrogens (tertiary/aromatic N) is 3. The van der Waals surface area contributed by atoms with Crippen LogP contribution in [0.2, 0.25) is 10.0 Å². The van der Waals surface area contributed by atoms with Crippen molar-refractivity contribution in [3.8, 4) is 5.69 Å². The van der Waals surface area contributed by atoms with Crippen molar-refractivity contribution in [2.24, 2.45) is 0 Å². The maximum atomic E-state index is 12.6. The first-order chi connectivity index (χ1) is 14.9. The highest BCUT2D eigenvalue weighted by Gasteiger charge is 2.13. The molecule has 0 aliphatic carbocycles. The molecule has 4 rings (SSSR count). The molecule has 0 aliphatic rings. The quantitative estimate of drug-likeness (QED) is 0.357. The summed E-state index contributed by atoms with van der Waals surface area (Å²) in [7, 11) is 0. The SMILES string of the molecule is CCCCc1ccc(-n2nc3cc(Cl)c(NC(=O)c4ccc(C)c(Cl)c4)cc3n2)cc1. The van der Waals surface area contributed by atoms with Gasteiger partial charge in [-0.05, 0) is 67.3 Å². The molecule has 4 aromatic rings. The minimum Gasteiger partial charge on any atom is -0.321 e. The van der Waals surface area contributed by atoms with Crippen molar-refractivity contribution in [3.63, 3.8) is 0 Å². The molecule has 0 bridgehead atoms. The van der Waals surface area contributed by atoms with E-state index in [0.717, 1.165) is 17.7 Å². The highest BCUT2D eigenvalue weighted by Crippen LogP contribution is 2.28. The lowest BCUT2D eigenvalue weighted by Gasteiger charge is -2.08. The van der Waals surface area contributed by atoms with E-state index in [1.165, 1.54) is 18.4 Å². The zero-order chi connectivity index (χ0) is 22.0. The summed E-state index contributed by atoms with van der Waals surface area (Å²) in [6, 6.07) is 16.8. The molecule has 7 heteroatoms. The third-order valence-electron chi connectivity index (χ3n) is 5.14. The van der Waals surface area contributed by atoms with Crippen LogP contribution in [0.3, 0.4) is 0 Å². The zero-order valence-corrected chi connectivity index (χ0v) is 18.8. The van der Waals surface area contributed by atoms with Crippen LogP contribution in [0.1, 0.15) is 41.3 Å². The van der Waals surface area contributed by atoms with Crippen molar-refractivity contribution in [3.05, 3.63) is 81.3 Å².